The highest BCUT2D eigenvalue weighted by Crippen LogP contribution is 2.21. The van der Waals surface area contributed by atoms with E-state index in [1.54, 1.807) is 0 Å². The van der Waals surface area contributed by atoms with Crippen LogP contribution in [0.15, 0.2) is 54.1 Å². The number of hydrogen-bond acceptors (Lipinski definition) is 1. The lowest BCUT2D eigenvalue weighted by Crippen LogP contribution is -1.98. The van der Waals surface area contributed by atoms with Gasteiger partial charge in [-0.15, -0.1) is 0 Å². The van der Waals surface area contributed by atoms with E-state index >= 15 is 0 Å². The van der Waals surface area contributed by atoms with Crippen molar-refractivity contribution in [3.05, 3.63) is 59.7 Å². The molecule has 0 radical (unpaired) electrons. The van der Waals surface area contributed by atoms with Crippen molar-refractivity contribution in [2.24, 2.45) is 0 Å². The van der Waals surface area contributed by atoms with E-state index in [9.17, 15) is 5.11 Å². The summed E-state index contributed by atoms with van der Waals surface area (Å²) in [7, 11) is 0. The molecule has 1 aromatic carbocycles. The van der Waals surface area contributed by atoms with Gasteiger partial charge in [0.25, 0.3) is 0 Å². The Kier molecular flexibility index (Phi) is 4.14. The second-order valence-electron chi connectivity index (χ2n) is 3.10. The molecule has 0 aliphatic heterocycles. The minimum absolute atomic E-state index is 0.516. The van der Waals surface area contributed by atoms with Crippen LogP contribution in [0.5, 0.6) is 0 Å². The van der Waals surface area contributed by atoms with E-state index in [0.717, 1.165) is 11.1 Å². The Labute approximate surface area is 85.4 Å². The van der Waals surface area contributed by atoms with Crippen LogP contribution in [0, 0.1) is 0 Å². The van der Waals surface area contributed by atoms with Gasteiger partial charge in [0.1, 0.15) is 6.10 Å². The lowest BCUT2D eigenvalue weighted by molar-refractivity contribution is 0.219. The van der Waals surface area contributed by atoms with E-state index < -0.39 is 6.10 Å². The molecule has 0 aromatic heterocycles. The molecule has 0 aliphatic carbocycles. The minimum atomic E-state index is -0.516. The predicted octanol–water partition coefficient (Wildman–Crippen LogP) is 3.24. The Balaban J connectivity index is 2.89. The van der Waals surface area contributed by atoms with Gasteiger partial charge in [-0.05, 0) is 25.0 Å². The zero-order valence-corrected chi connectivity index (χ0v) is 8.64. The third-order valence-corrected chi connectivity index (χ3v) is 2.12. The molecule has 0 spiro atoms. The summed E-state index contributed by atoms with van der Waals surface area (Å²) >= 11 is 0. The predicted molar refractivity (Wildman–Crippen MR) is 60.0 cm³/mol. The highest BCUT2D eigenvalue weighted by molar-refractivity contribution is 5.31. The molecule has 1 heteroatoms. The molecular weight excluding hydrogens is 172 g/mol. The quantitative estimate of drug-likeness (QED) is 0.722. The summed E-state index contributed by atoms with van der Waals surface area (Å²) in [5.41, 5.74) is 1.86. The van der Waals surface area contributed by atoms with Crippen LogP contribution in [0.4, 0.5) is 0 Å². The van der Waals surface area contributed by atoms with E-state index in [0.29, 0.717) is 0 Å². The molecule has 1 aromatic rings. The third kappa shape index (κ3) is 2.57. The van der Waals surface area contributed by atoms with Crippen LogP contribution in [0.2, 0.25) is 0 Å². The molecule has 0 bridgehead atoms. The highest BCUT2D eigenvalue weighted by atomic mass is 16.3. The molecule has 0 fully saturated rings. The molecule has 1 nitrogen and oxygen atoms in total. The summed E-state index contributed by atoms with van der Waals surface area (Å²) in [6.45, 7) is 3.88. The van der Waals surface area contributed by atoms with Crippen LogP contribution in [-0.4, -0.2) is 5.11 Å². The van der Waals surface area contributed by atoms with Gasteiger partial charge < -0.3 is 5.11 Å². The lowest BCUT2D eigenvalue weighted by atomic mass is 10.0. The summed E-state index contributed by atoms with van der Waals surface area (Å²) in [6.07, 6.45) is 5.27. The van der Waals surface area contributed by atoms with Gasteiger partial charge in [0.05, 0.1) is 0 Å². The first-order valence-electron chi connectivity index (χ1n) is 4.81. The second-order valence-corrected chi connectivity index (χ2v) is 3.10. The van der Waals surface area contributed by atoms with E-state index in [2.05, 4.69) is 0 Å². The first-order chi connectivity index (χ1) is 6.79. The van der Waals surface area contributed by atoms with Crippen LogP contribution in [0.1, 0.15) is 25.5 Å². The third-order valence-electron chi connectivity index (χ3n) is 2.12. The SMILES string of the molecule is C/C=C\C(=C/C)C(O)c1ccccc1. The maximum atomic E-state index is 9.99. The van der Waals surface area contributed by atoms with Gasteiger partial charge in [-0.2, -0.15) is 0 Å². The van der Waals surface area contributed by atoms with Crippen molar-refractivity contribution in [1.82, 2.24) is 0 Å². The molecule has 0 saturated carbocycles. The van der Waals surface area contributed by atoms with Crippen molar-refractivity contribution >= 4 is 0 Å². The van der Waals surface area contributed by atoms with Gasteiger partial charge >= 0.3 is 0 Å². The van der Waals surface area contributed by atoms with Crippen LogP contribution in [0.25, 0.3) is 0 Å². The lowest BCUT2D eigenvalue weighted by Gasteiger charge is -2.11. The van der Waals surface area contributed by atoms with Crippen molar-refractivity contribution in [2.75, 3.05) is 0 Å². The Hall–Kier alpha value is -1.34. The smallest absolute Gasteiger partial charge is 0.104 e. The Morgan fingerprint density at radius 2 is 1.86 bits per heavy atom. The normalized spacial score (nSPS) is 14.6. The number of benzene rings is 1. The molecule has 1 atom stereocenters. The van der Waals surface area contributed by atoms with Crippen LogP contribution in [-0.2, 0) is 0 Å². The van der Waals surface area contributed by atoms with E-state index in [4.69, 9.17) is 0 Å². The summed E-state index contributed by atoms with van der Waals surface area (Å²) in [4.78, 5) is 0. The summed E-state index contributed by atoms with van der Waals surface area (Å²) in [5.74, 6) is 0. The fourth-order valence-electron chi connectivity index (χ4n) is 1.37. The van der Waals surface area contributed by atoms with Gasteiger partial charge in [0, 0.05) is 0 Å². The number of aliphatic hydroxyl groups is 1. The molecule has 74 valence electrons. The van der Waals surface area contributed by atoms with Gasteiger partial charge in [-0.25, -0.2) is 0 Å². The van der Waals surface area contributed by atoms with Gasteiger partial charge in [0.2, 0.25) is 0 Å². The fourth-order valence-corrected chi connectivity index (χ4v) is 1.37. The maximum absolute atomic E-state index is 9.99. The molecular formula is C13H16O. The summed E-state index contributed by atoms with van der Waals surface area (Å²) in [5, 5.41) is 9.99. The second kappa shape index (κ2) is 5.40. The van der Waals surface area contributed by atoms with Crippen LogP contribution in [0.3, 0.4) is 0 Å². The number of hydrogen-bond donors (Lipinski definition) is 1. The van der Waals surface area contributed by atoms with Crippen molar-refractivity contribution in [1.29, 1.82) is 0 Å². The first-order valence-corrected chi connectivity index (χ1v) is 4.81. The highest BCUT2D eigenvalue weighted by Gasteiger charge is 2.08. The van der Waals surface area contributed by atoms with E-state index in [-0.39, 0.29) is 0 Å². The first kappa shape index (κ1) is 10.7. The molecule has 0 heterocycles. The average molecular weight is 188 g/mol. The molecule has 1 rings (SSSR count). The molecule has 1 N–H and O–H groups in total. The number of aliphatic hydroxyl groups excluding tert-OH is 1. The standard InChI is InChI=1S/C13H16O/c1-3-8-11(4-2)13(14)12-9-6-5-7-10-12/h3-10,13-14H,1-2H3/b8-3-,11-4+. The van der Waals surface area contributed by atoms with Gasteiger partial charge in [-0.1, -0.05) is 48.6 Å². The Morgan fingerprint density at radius 1 is 1.21 bits per heavy atom. The van der Waals surface area contributed by atoms with Crippen LogP contribution < -0.4 is 0 Å². The van der Waals surface area contributed by atoms with Crippen molar-refractivity contribution in [3.8, 4) is 0 Å². The van der Waals surface area contributed by atoms with E-state index in [1.807, 2.05) is 62.4 Å². The van der Waals surface area contributed by atoms with Gasteiger partial charge in [0.15, 0.2) is 0 Å². The zero-order chi connectivity index (χ0) is 10.4. The summed E-state index contributed by atoms with van der Waals surface area (Å²) in [6, 6.07) is 9.67. The minimum Gasteiger partial charge on any atom is -0.384 e. The Morgan fingerprint density at radius 3 is 2.36 bits per heavy atom. The topological polar surface area (TPSA) is 20.2 Å². The number of rotatable bonds is 3. The zero-order valence-electron chi connectivity index (χ0n) is 8.64. The molecule has 14 heavy (non-hydrogen) atoms. The molecule has 0 aliphatic rings. The van der Waals surface area contributed by atoms with E-state index in [1.165, 1.54) is 0 Å². The van der Waals surface area contributed by atoms with Gasteiger partial charge in [-0.3, -0.25) is 0 Å². The molecule has 0 saturated heterocycles. The molecule has 0 amide bonds. The van der Waals surface area contributed by atoms with Crippen molar-refractivity contribution in [3.63, 3.8) is 0 Å². The van der Waals surface area contributed by atoms with Crippen LogP contribution >= 0.6 is 0 Å². The monoisotopic (exact) mass is 188 g/mol. The fraction of sp³-hybridized carbons (Fsp3) is 0.231. The molecule has 1 unspecified atom stereocenters. The average Bonchev–Trinajstić information content (AvgIpc) is 2.26. The Bertz CT molecular complexity index is 322. The maximum Gasteiger partial charge on any atom is 0.104 e. The summed E-state index contributed by atoms with van der Waals surface area (Å²) < 4.78 is 0. The largest absolute Gasteiger partial charge is 0.384 e. The van der Waals surface area contributed by atoms with Crippen molar-refractivity contribution < 1.29 is 5.11 Å². The number of allylic oxidation sites excluding steroid dienone is 2. The van der Waals surface area contributed by atoms with Crippen molar-refractivity contribution in [2.45, 2.75) is 20.0 Å².